The van der Waals surface area contributed by atoms with Crippen LogP contribution in [0.4, 0.5) is 14.6 Å². The van der Waals surface area contributed by atoms with E-state index in [0.29, 0.717) is 0 Å². The molecule has 1 aliphatic rings. The van der Waals surface area contributed by atoms with Gasteiger partial charge in [-0.2, -0.15) is 8.75 Å². The number of halogens is 2. The third-order valence-electron chi connectivity index (χ3n) is 3.69. The van der Waals surface area contributed by atoms with Gasteiger partial charge in [0.25, 0.3) is 5.91 Å². The van der Waals surface area contributed by atoms with Gasteiger partial charge in [-0.25, -0.2) is 8.78 Å². The first kappa shape index (κ1) is 14.8. The molecule has 0 unspecified atom stereocenters. The lowest BCUT2D eigenvalue weighted by molar-refractivity contribution is 0.0930. The van der Waals surface area contributed by atoms with E-state index in [4.69, 9.17) is 0 Å². The van der Waals surface area contributed by atoms with Gasteiger partial charge in [0.15, 0.2) is 17.5 Å². The van der Waals surface area contributed by atoms with Crippen molar-refractivity contribution in [3.05, 3.63) is 41.6 Å². The molecule has 22 heavy (non-hydrogen) atoms. The highest BCUT2D eigenvalue weighted by Crippen LogP contribution is 2.18. The van der Waals surface area contributed by atoms with Crippen molar-refractivity contribution in [1.82, 2.24) is 14.1 Å². The molecule has 8 heteroatoms. The summed E-state index contributed by atoms with van der Waals surface area (Å²) >= 11 is 1.17. The maximum Gasteiger partial charge on any atom is 0.251 e. The zero-order chi connectivity index (χ0) is 15.5. The highest BCUT2D eigenvalue weighted by atomic mass is 32.1. The van der Waals surface area contributed by atoms with Crippen LogP contribution in [0, 0.1) is 11.6 Å². The van der Waals surface area contributed by atoms with Crippen molar-refractivity contribution in [3.63, 3.8) is 0 Å². The molecular formula is C14H14F2N4OS. The summed E-state index contributed by atoms with van der Waals surface area (Å²) in [4.78, 5) is 14.2. The Bertz CT molecular complexity index is 657. The molecule has 0 aliphatic carbocycles. The molecule has 1 amide bonds. The minimum atomic E-state index is -1.02. The zero-order valence-corrected chi connectivity index (χ0v) is 12.4. The Morgan fingerprint density at radius 1 is 1.27 bits per heavy atom. The highest BCUT2D eigenvalue weighted by molar-refractivity contribution is 6.99. The van der Waals surface area contributed by atoms with Crippen LogP contribution in [-0.4, -0.2) is 33.8 Å². The first-order valence-electron chi connectivity index (χ1n) is 6.92. The molecular weight excluding hydrogens is 310 g/mol. The van der Waals surface area contributed by atoms with Crippen molar-refractivity contribution in [2.75, 3.05) is 18.0 Å². The average Bonchev–Trinajstić information content (AvgIpc) is 3.05. The summed E-state index contributed by atoms with van der Waals surface area (Å²) < 4.78 is 34.2. The summed E-state index contributed by atoms with van der Waals surface area (Å²) in [5.41, 5.74) is 0.130. The van der Waals surface area contributed by atoms with Crippen LogP contribution in [0.15, 0.2) is 24.4 Å². The summed E-state index contributed by atoms with van der Waals surface area (Å²) in [6, 6.07) is 3.18. The minimum Gasteiger partial charge on any atom is -0.354 e. The number of aromatic nitrogens is 2. The van der Waals surface area contributed by atoms with Gasteiger partial charge < -0.3 is 10.2 Å². The summed E-state index contributed by atoms with van der Waals surface area (Å²) in [5, 5.41) is 2.86. The number of anilines is 1. The van der Waals surface area contributed by atoms with Gasteiger partial charge in [0, 0.05) is 24.7 Å². The van der Waals surface area contributed by atoms with Gasteiger partial charge in [-0.1, -0.05) is 0 Å². The van der Waals surface area contributed by atoms with Gasteiger partial charge in [0.2, 0.25) is 0 Å². The molecule has 1 saturated heterocycles. The van der Waals surface area contributed by atoms with Crippen LogP contribution in [0.2, 0.25) is 0 Å². The number of amides is 1. The fraction of sp³-hybridized carbons (Fsp3) is 0.357. The lowest BCUT2D eigenvalue weighted by Gasteiger charge is -2.32. The molecule has 5 nitrogen and oxygen atoms in total. The van der Waals surface area contributed by atoms with Crippen molar-refractivity contribution in [1.29, 1.82) is 0 Å². The third kappa shape index (κ3) is 3.22. The van der Waals surface area contributed by atoms with E-state index in [0.717, 1.165) is 43.9 Å². The molecule has 2 heterocycles. The van der Waals surface area contributed by atoms with Crippen LogP contribution in [0.5, 0.6) is 0 Å². The Balaban J connectivity index is 1.56. The Hall–Kier alpha value is -2.09. The van der Waals surface area contributed by atoms with Crippen LogP contribution < -0.4 is 10.2 Å². The van der Waals surface area contributed by atoms with Crippen LogP contribution in [-0.2, 0) is 0 Å². The number of piperidine rings is 1. The molecule has 1 fully saturated rings. The lowest BCUT2D eigenvalue weighted by Crippen LogP contribution is -2.44. The molecule has 1 aromatic heterocycles. The molecule has 0 radical (unpaired) electrons. The summed E-state index contributed by atoms with van der Waals surface area (Å²) in [6.07, 6.45) is 3.27. The van der Waals surface area contributed by atoms with Crippen molar-refractivity contribution < 1.29 is 13.6 Å². The Morgan fingerprint density at radius 3 is 2.68 bits per heavy atom. The first-order chi connectivity index (χ1) is 10.6. The fourth-order valence-corrected chi connectivity index (χ4v) is 2.89. The number of rotatable bonds is 3. The largest absolute Gasteiger partial charge is 0.354 e. The summed E-state index contributed by atoms with van der Waals surface area (Å²) in [5.74, 6) is -1.50. The van der Waals surface area contributed by atoms with Gasteiger partial charge in [-0.15, -0.1) is 0 Å². The van der Waals surface area contributed by atoms with Crippen LogP contribution in [0.25, 0.3) is 0 Å². The normalized spacial score (nSPS) is 15.8. The van der Waals surface area contributed by atoms with E-state index in [-0.39, 0.29) is 17.5 Å². The monoisotopic (exact) mass is 324 g/mol. The van der Waals surface area contributed by atoms with E-state index < -0.39 is 11.6 Å². The van der Waals surface area contributed by atoms with Crippen molar-refractivity contribution in [2.45, 2.75) is 18.9 Å². The molecule has 0 atom stereocenters. The second-order valence-electron chi connectivity index (χ2n) is 5.13. The predicted octanol–water partition coefficient (Wildman–Crippen LogP) is 2.22. The number of carbonyl (C=O) groups is 1. The second-order valence-corrected chi connectivity index (χ2v) is 5.69. The fourth-order valence-electron chi connectivity index (χ4n) is 2.46. The van der Waals surface area contributed by atoms with Crippen LogP contribution in [0.3, 0.4) is 0 Å². The van der Waals surface area contributed by atoms with E-state index in [1.54, 1.807) is 6.20 Å². The SMILES string of the molecule is O=C(NC1CCN(c2cnsn2)CC1)c1ccc(F)c(F)c1. The van der Waals surface area contributed by atoms with Crippen LogP contribution in [0.1, 0.15) is 23.2 Å². The van der Waals surface area contributed by atoms with E-state index in [9.17, 15) is 13.6 Å². The van der Waals surface area contributed by atoms with E-state index in [1.807, 2.05) is 0 Å². The van der Waals surface area contributed by atoms with Gasteiger partial charge in [0.1, 0.15) is 0 Å². The van der Waals surface area contributed by atoms with Gasteiger partial charge in [-0.3, -0.25) is 4.79 Å². The Morgan fingerprint density at radius 2 is 2.05 bits per heavy atom. The van der Waals surface area contributed by atoms with Gasteiger partial charge in [-0.05, 0) is 31.0 Å². The quantitative estimate of drug-likeness (QED) is 0.940. The van der Waals surface area contributed by atoms with Crippen LogP contribution >= 0.6 is 11.7 Å². The predicted molar refractivity (Wildman–Crippen MR) is 79.0 cm³/mol. The molecule has 2 aromatic rings. The van der Waals surface area contributed by atoms with Crippen molar-refractivity contribution >= 4 is 23.5 Å². The summed E-state index contributed by atoms with van der Waals surface area (Å²) in [7, 11) is 0. The first-order valence-corrected chi connectivity index (χ1v) is 7.65. The molecule has 3 rings (SSSR count). The minimum absolute atomic E-state index is 0.0171. The molecule has 1 N–H and O–H groups in total. The maximum absolute atomic E-state index is 13.2. The molecule has 0 spiro atoms. The highest BCUT2D eigenvalue weighted by Gasteiger charge is 2.22. The number of carbonyl (C=O) groups excluding carboxylic acids is 1. The Kier molecular flexibility index (Phi) is 4.28. The topological polar surface area (TPSA) is 58.1 Å². The van der Waals surface area contributed by atoms with Gasteiger partial charge >= 0.3 is 0 Å². The Labute approximate surface area is 130 Å². The molecule has 1 aliphatic heterocycles. The zero-order valence-electron chi connectivity index (χ0n) is 11.6. The number of nitrogens with one attached hydrogen (secondary N) is 1. The number of hydrogen-bond acceptors (Lipinski definition) is 5. The summed E-state index contributed by atoms with van der Waals surface area (Å²) in [6.45, 7) is 1.54. The molecule has 116 valence electrons. The van der Waals surface area contributed by atoms with Crippen molar-refractivity contribution in [3.8, 4) is 0 Å². The number of nitrogens with zero attached hydrogens (tertiary/aromatic N) is 3. The smallest absolute Gasteiger partial charge is 0.251 e. The molecule has 0 bridgehead atoms. The maximum atomic E-state index is 13.2. The second kappa shape index (κ2) is 6.35. The van der Waals surface area contributed by atoms with Crippen molar-refractivity contribution in [2.24, 2.45) is 0 Å². The standard InChI is InChI=1S/C14H14F2N4OS/c15-11-2-1-9(7-12(11)16)14(21)18-10-3-5-20(6-4-10)13-8-17-22-19-13/h1-2,7-8,10H,3-6H2,(H,18,21). The molecule has 1 aromatic carbocycles. The van der Waals surface area contributed by atoms with E-state index in [2.05, 4.69) is 19.0 Å². The van der Waals surface area contributed by atoms with E-state index in [1.165, 1.54) is 17.8 Å². The number of benzene rings is 1. The van der Waals surface area contributed by atoms with Gasteiger partial charge in [0.05, 0.1) is 17.9 Å². The lowest BCUT2D eigenvalue weighted by atomic mass is 10.0. The average molecular weight is 324 g/mol. The molecule has 0 saturated carbocycles. The van der Waals surface area contributed by atoms with E-state index >= 15 is 0 Å². The number of hydrogen-bond donors (Lipinski definition) is 1. The third-order valence-corrected chi connectivity index (χ3v) is 4.15.